The quantitative estimate of drug-likeness (QED) is 0.586. The van der Waals surface area contributed by atoms with Gasteiger partial charge >= 0.3 is 0 Å². The molecule has 0 radical (unpaired) electrons. The lowest BCUT2D eigenvalue weighted by Crippen LogP contribution is -2.01. The average molecular weight is 396 g/mol. The maximum absolute atomic E-state index is 12.4. The lowest BCUT2D eigenvalue weighted by molar-refractivity contribution is 0.151. The second kappa shape index (κ2) is 3.99. The van der Waals surface area contributed by atoms with Crippen LogP contribution < -0.4 is 5.73 Å². The molecule has 0 atom stereocenters. The van der Waals surface area contributed by atoms with Gasteiger partial charge in [-0.2, -0.15) is 0 Å². The summed E-state index contributed by atoms with van der Waals surface area (Å²) in [6, 6.07) is 0. The molecule has 1 heterocycles. The standard InChI is InChI=1S/C6H4F2I2N2/c7-5(8)3-2(11)1-12-6(10)4(3)9/h1,5H,11H2. The van der Waals surface area contributed by atoms with Crippen molar-refractivity contribution in [3.8, 4) is 0 Å². The van der Waals surface area contributed by atoms with Crippen molar-refractivity contribution in [2.75, 3.05) is 5.73 Å². The molecule has 0 spiro atoms. The first-order valence-corrected chi connectivity index (χ1v) is 5.07. The summed E-state index contributed by atoms with van der Waals surface area (Å²) in [6.07, 6.45) is -1.28. The highest BCUT2D eigenvalue weighted by atomic mass is 127. The number of nitrogens with two attached hydrogens (primary N) is 1. The lowest BCUT2D eigenvalue weighted by Gasteiger charge is -2.07. The van der Waals surface area contributed by atoms with Gasteiger partial charge in [0.15, 0.2) is 0 Å². The van der Waals surface area contributed by atoms with Gasteiger partial charge in [-0.15, -0.1) is 0 Å². The number of halogens is 4. The number of hydrogen-bond donors (Lipinski definition) is 1. The van der Waals surface area contributed by atoms with Crippen molar-refractivity contribution in [1.29, 1.82) is 0 Å². The van der Waals surface area contributed by atoms with E-state index in [1.807, 2.05) is 45.2 Å². The van der Waals surface area contributed by atoms with Gasteiger partial charge < -0.3 is 5.73 Å². The van der Waals surface area contributed by atoms with E-state index in [1.54, 1.807) is 0 Å². The zero-order chi connectivity index (χ0) is 9.30. The molecule has 1 aromatic rings. The Balaban J connectivity index is 3.33. The van der Waals surface area contributed by atoms with Gasteiger partial charge in [0.05, 0.1) is 21.0 Å². The summed E-state index contributed by atoms with van der Waals surface area (Å²) >= 11 is 3.71. The number of alkyl halides is 2. The molecule has 0 aromatic carbocycles. The minimum Gasteiger partial charge on any atom is -0.397 e. The van der Waals surface area contributed by atoms with Crippen LogP contribution in [0.2, 0.25) is 0 Å². The molecular weight excluding hydrogens is 392 g/mol. The van der Waals surface area contributed by atoms with E-state index >= 15 is 0 Å². The summed E-state index contributed by atoms with van der Waals surface area (Å²) in [5, 5.41) is 0. The van der Waals surface area contributed by atoms with E-state index in [0.29, 0.717) is 7.27 Å². The fraction of sp³-hybridized carbons (Fsp3) is 0.167. The molecule has 0 aliphatic heterocycles. The lowest BCUT2D eigenvalue weighted by atomic mass is 10.2. The number of aromatic nitrogens is 1. The van der Waals surface area contributed by atoms with Crippen LogP contribution in [-0.4, -0.2) is 4.98 Å². The van der Waals surface area contributed by atoms with E-state index in [-0.39, 0.29) is 11.3 Å². The van der Waals surface area contributed by atoms with E-state index in [1.165, 1.54) is 6.20 Å². The first-order chi connectivity index (χ1) is 5.54. The molecule has 0 aliphatic rings. The maximum atomic E-state index is 12.4. The highest BCUT2D eigenvalue weighted by Gasteiger charge is 2.17. The van der Waals surface area contributed by atoms with Gasteiger partial charge in [0.1, 0.15) is 3.70 Å². The van der Waals surface area contributed by atoms with Gasteiger partial charge in [0.2, 0.25) is 0 Å². The van der Waals surface area contributed by atoms with E-state index in [9.17, 15) is 8.78 Å². The zero-order valence-electron chi connectivity index (χ0n) is 5.69. The molecule has 6 heteroatoms. The van der Waals surface area contributed by atoms with E-state index < -0.39 is 6.43 Å². The summed E-state index contributed by atoms with van der Waals surface area (Å²) in [6.45, 7) is 0. The first kappa shape index (κ1) is 10.4. The third-order valence-electron chi connectivity index (χ3n) is 1.26. The summed E-state index contributed by atoms with van der Waals surface area (Å²) < 4.78 is 25.7. The smallest absolute Gasteiger partial charge is 0.267 e. The van der Waals surface area contributed by atoms with E-state index in [4.69, 9.17) is 5.73 Å². The summed E-state index contributed by atoms with van der Waals surface area (Å²) in [7, 11) is 0. The van der Waals surface area contributed by atoms with Gasteiger partial charge in [-0.1, -0.05) is 0 Å². The van der Waals surface area contributed by atoms with Crippen LogP contribution in [0.4, 0.5) is 14.5 Å². The number of nitrogen functional groups attached to an aromatic ring is 1. The Morgan fingerprint density at radius 1 is 1.42 bits per heavy atom. The molecule has 0 aliphatic carbocycles. The molecule has 12 heavy (non-hydrogen) atoms. The molecule has 0 amide bonds. The molecule has 0 saturated heterocycles. The molecule has 1 rings (SSSR count). The Labute approximate surface area is 95.2 Å². The number of nitrogens with zero attached hydrogens (tertiary/aromatic N) is 1. The van der Waals surface area contributed by atoms with E-state index in [2.05, 4.69) is 4.98 Å². The van der Waals surface area contributed by atoms with E-state index in [0.717, 1.165) is 0 Å². The minimum atomic E-state index is -2.53. The van der Waals surface area contributed by atoms with Gasteiger partial charge in [-0.05, 0) is 45.2 Å². The van der Waals surface area contributed by atoms with Crippen molar-refractivity contribution >= 4 is 50.9 Å². The SMILES string of the molecule is Nc1cnc(I)c(I)c1C(F)F. The normalized spacial score (nSPS) is 10.8. The highest BCUT2D eigenvalue weighted by Crippen LogP contribution is 2.31. The van der Waals surface area contributed by atoms with Crippen molar-refractivity contribution in [3.63, 3.8) is 0 Å². The number of rotatable bonds is 1. The van der Waals surface area contributed by atoms with Crippen molar-refractivity contribution in [3.05, 3.63) is 19.0 Å². The third-order valence-corrected chi connectivity index (χ3v) is 4.21. The Hall–Kier alpha value is 0.270. The molecule has 66 valence electrons. The summed E-state index contributed by atoms with van der Waals surface area (Å²) in [4.78, 5) is 3.84. The van der Waals surface area contributed by atoms with Gasteiger partial charge in [0.25, 0.3) is 6.43 Å². The van der Waals surface area contributed by atoms with Gasteiger partial charge in [-0.25, -0.2) is 13.8 Å². The van der Waals surface area contributed by atoms with Crippen LogP contribution in [0.15, 0.2) is 6.20 Å². The Kier molecular flexibility index (Phi) is 3.44. The highest BCUT2D eigenvalue weighted by molar-refractivity contribution is 14.1. The fourth-order valence-electron chi connectivity index (χ4n) is 0.712. The molecule has 0 unspecified atom stereocenters. The largest absolute Gasteiger partial charge is 0.397 e. The molecule has 0 bridgehead atoms. The van der Waals surface area contributed by atoms with Crippen LogP contribution in [0.25, 0.3) is 0 Å². The Morgan fingerprint density at radius 3 is 2.42 bits per heavy atom. The van der Waals surface area contributed by atoms with Crippen LogP contribution in [0, 0.1) is 7.27 Å². The van der Waals surface area contributed by atoms with Gasteiger partial charge in [0, 0.05) is 0 Å². The molecule has 1 aromatic heterocycles. The number of hydrogen-bond acceptors (Lipinski definition) is 2. The zero-order valence-corrected chi connectivity index (χ0v) is 10.0. The van der Waals surface area contributed by atoms with Gasteiger partial charge in [-0.3, -0.25) is 0 Å². The van der Waals surface area contributed by atoms with Crippen LogP contribution in [0.1, 0.15) is 12.0 Å². The van der Waals surface area contributed by atoms with Crippen LogP contribution in [0.5, 0.6) is 0 Å². The summed E-state index contributed by atoms with van der Waals surface area (Å²) in [5.41, 5.74) is 5.28. The molecular formula is C6H4F2I2N2. The first-order valence-electron chi connectivity index (χ1n) is 2.91. The fourth-order valence-corrected chi connectivity index (χ4v) is 1.83. The Morgan fingerprint density at radius 2 is 2.00 bits per heavy atom. The van der Waals surface area contributed by atoms with Crippen molar-refractivity contribution < 1.29 is 8.78 Å². The van der Waals surface area contributed by atoms with Crippen molar-refractivity contribution in [2.45, 2.75) is 6.43 Å². The predicted octanol–water partition coefficient (Wildman–Crippen LogP) is 2.81. The number of anilines is 1. The van der Waals surface area contributed by atoms with Crippen molar-refractivity contribution in [1.82, 2.24) is 4.98 Å². The average Bonchev–Trinajstić information content (AvgIpc) is 1.97. The second-order valence-corrected chi connectivity index (χ2v) is 4.13. The molecule has 0 fully saturated rings. The third kappa shape index (κ3) is 1.95. The maximum Gasteiger partial charge on any atom is 0.267 e. The number of pyridine rings is 1. The van der Waals surface area contributed by atoms with Crippen LogP contribution in [0.3, 0.4) is 0 Å². The second-order valence-electron chi connectivity index (χ2n) is 2.03. The van der Waals surface area contributed by atoms with Crippen LogP contribution >= 0.6 is 45.2 Å². The topological polar surface area (TPSA) is 38.9 Å². The van der Waals surface area contributed by atoms with Crippen LogP contribution in [-0.2, 0) is 0 Å². The molecule has 2 N–H and O–H groups in total. The Bertz CT molecular complexity index is 304. The van der Waals surface area contributed by atoms with Crippen molar-refractivity contribution in [2.24, 2.45) is 0 Å². The predicted molar refractivity (Wildman–Crippen MR) is 59.0 cm³/mol. The molecule has 0 saturated carbocycles. The molecule has 2 nitrogen and oxygen atoms in total. The minimum absolute atomic E-state index is 0.0508. The monoisotopic (exact) mass is 396 g/mol. The summed E-state index contributed by atoms with van der Waals surface area (Å²) in [5.74, 6) is 0.